The van der Waals surface area contributed by atoms with E-state index in [0.717, 1.165) is 38.0 Å². The lowest BCUT2D eigenvalue weighted by Gasteiger charge is -2.35. The number of rotatable bonds is 6. The molecule has 1 aromatic rings. The van der Waals surface area contributed by atoms with Gasteiger partial charge in [-0.2, -0.15) is 0 Å². The summed E-state index contributed by atoms with van der Waals surface area (Å²) < 4.78 is 5.61. The second-order valence-corrected chi connectivity index (χ2v) is 5.50. The van der Waals surface area contributed by atoms with E-state index >= 15 is 0 Å². The van der Waals surface area contributed by atoms with Crippen molar-refractivity contribution in [3.8, 4) is 5.75 Å². The van der Waals surface area contributed by atoms with Crippen LogP contribution in [0, 0.1) is 0 Å². The van der Waals surface area contributed by atoms with Crippen molar-refractivity contribution in [2.24, 2.45) is 0 Å². The van der Waals surface area contributed by atoms with Gasteiger partial charge in [0.05, 0.1) is 6.61 Å². The van der Waals surface area contributed by atoms with Crippen molar-refractivity contribution in [1.82, 2.24) is 10.2 Å². The largest absolute Gasteiger partial charge is 0.494 e. The molecule has 1 aliphatic rings. The van der Waals surface area contributed by atoms with E-state index < -0.39 is 0 Å². The van der Waals surface area contributed by atoms with E-state index in [1.54, 1.807) is 0 Å². The fourth-order valence-corrected chi connectivity index (χ4v) is 2.77. The molecule has 21 heavy (non-hydrogen) atoms. The topological polar surface area (TPSA) is 41.6 Å². The Kier molecular flexibility index (Phi) is 6.38. The highest BCUT2D eigenvalue weighted by molar-refractivity contribution is 5.74. The van der Waals surface area contributed by atoms with E-state index in [4.69, 9.17) is 4.74 Å². The maximum atomic E-state index is 12.2. The first-order valence-corrected chi connectivity index (χ1v) is 8.03. The summed E-state index contributed by atoms with van der Waals surface area (Å²) in [4.78, 5) is 14.2. The molecule has 1 atom stereocenters. The number of carbonyl (C=O) groups is 1. The van der Waals surface area contributed by atoms with E-state index in [2.05, 4.69) is 12.2 Å². The van der Waals surface area contributed by atoms with E-state index in [0.29, 0.717) is 19.2 Å². The number of likely N-dealkylation sites (tertiary alicyclic amines) is 1. The van der Waals surface area contributed by atoms with Gasteiger partial charge in [-0.15, -0.1) is 0 Å². The first-order valence-electron chi connectivity index (χ1n) is 8.03. The Morgan fingerprint density at radius 2 is 2.14 bits per heavy atom. The Hall–Kier alpha value is -1.71. The fraction of sp³-hybridized carbons (Fsp3) is 0.588. The third-order valence-electron chi connectivity index (χ3n) is 3.97. The third-order valence-corrected chi connectivity index (χ3v) is 3.97. The number of ether oxygens (including phenoxy) is 1. The van der Waals surface area contributed by atoms with Crippen LogP contribution in [0.3, 0.4) is 0 Å². The molecule has 4 nitrogen and oxygen atoms in total. The average Bonchev–Trinajstić information content (AvgIpc) is 2.55. The minimum atomic E-state index is 0.0845. The second-order valence-electron chi connectivity index (χ2n) is 5.50. The van der Waals surface area contributed by atoms with Crippen LogP contribution >= 0.6 is 0 Å². The molecule has 1 N–H and O–H groups in total. The highest BCUT2D eigenvalue weighted by Gasteiger charge is 2.24. The van der Waals surface area contributed by atoms with Gasteiger partial charge in [0.2, 0.25) is 0 Å². The second kappa shape index (κ2) is 8.55. The zero-order chi connectivity index (χ0) is 14.9. The summed E-state index contributed by atoms with van der Waals surface area (Å²) in [5.74, 6) is 0.880. The van der Waals surface area contributed by atoms with Gasteiger partial charge >= 0.3 is 6.03 Å². The van der Waals surface area contributed by atoms with Gasteiger partial charge in [0.25, 0.3) is 0 Å². The van der Waals surface area contributed by atoms with Crippen molar-refractivity contribution < 1.29 is 9.53 Å². The zero-order valence-electron chi connectivity index (χ0n) is 12.9. The quantitative estimate of drug-likeness (QED) is 0.816. The Labute approximate surface area is 127 Å². The van der Waals surface area contributed by atoms with Crippen LogP contribution in [0.5, 0.6) is 5.75 Å². The minimum Gasteiger partial charge on any atom is -0.494 e. The molecule has 1 aliphatic heterocycles. The smallest absolute Gasteiger partial charge is 0.317 e. The normalized spacial score (nSPS) is 18.3. The highest BCUT2D eigenvalue weighted by atomic mass is 16.5. The molecule has 1 fully saturated rings. The predicted octanol–water partition coefficient (Wildman–Crippen LogP) is 3.43. The van der Waals surface area contributed by atoms with Gasteiger partial charge in [0.15, 0.2) is 0 Å². The number of hydrogen-bond acceptors (Lipinski definition) is 2. The molecular formula is C17H26N2O2. The molecule has 0 saturated carbocycles. The van der Waals surface area contributed by atoms with Gasteiger partial charge in [-0.3, -0.25) is 0 Å². The maximum absolute atomic E-state index is 12.2. The van der Waals surface area contributed by atoms with Gasteiger partial charge in [0.1, 0.15) is 5.75 Å². The van der Waals surface area contributed by atoms with Crippen LogP contribution in [-0.2, 0) is 0 Å². The molecule has 1 heterocycles. The number of carbonyl (C=O) groups excluding carboxylic acids is 1. The number of hydrogen-bond donors (Lipinski definition) is 1. The van der Waals surface area contributed by atoms with E-state index in [-0.39, 0.29) is 6.03 Å². The minimum absolute atomic E-state index is 0.0845. The number of urea groups is 1. The Balaban J connectivity index is 1.62. The van der Waals surface area contributed by atoms with Gasteiger partial charge in [-0.1, -0.05) is 25.1 Å². The number of amides is 2. The van der Waals surface area contributed by atoms with Crippen LogP contribution in [0.1, 0.15) is 39.0 Å². The number of piperidine rings is 1. The monoisotopic (exact) mass is 290 g/mol. The molecule has 1 unspecified atom stereocenters. The molecular weight excluding hydrogens is 264 g/mol. The molecule has 0 bridgehead atoms. The van der Waals surface area contributed by atoms with Gasteiger partial charge in [-0.25, -0.2) is 4.79 Å². The van der Waals surface area contributed by atoms with Crippen molar-refractivity contribution in [3.05, 3.63) is 30.3 Å². The molecule has 0 radical (unpaired) electrons. The highest BCUT2D eigenvalue weighted by Crippen LogP contribution is 2.19. The first kappa shape index (κ1) is 15.7. The molecule has 1 aromatic carbocycles. The van der Waals surface area contributed by atoms with Gasteiger partial charge in [0, 0.05) is 19.1 Å². The Morgan fingerprint density at radius 1 is 1.33 bits per heavy atom. The van der Waals surface area contributed by atoms with Crippen LogP contribution in [0.25, 0.3) is 0 Å². The summed E-state index contributed by atoms with van der Waals surface area (Å²) >= 11 is 0. The van der Waals surface area contributed by atoms with Crippen LogP contribution < -0.4 is 10.1 Å². The van der Waals surface area contributed by atoms with Crippen LogP contribution in [0.4, 0.5) is 4.79 Å². The summed E-state index contributed by atoms with van der Waals surface area (Å²) in [7, 11) is 0. The summed E-state index contributed by atoms with van der Waals surface area (Å²) in [5.41, 5.74) is 0. The van der Waals surface area contributed by atoms with Crippen molar-refractivity contribution in [3.63, 3.8) is 0 Å². The lowest BCUT2D eigenvalue weighted by molar-refractivity contribution is 0.148. The first-order chi connectivity index (χ1) is 10.3. The fourth-order valence-electron chi connectivity index (χ4n) is 2.77. The van der Waals surface area contributed by atoms with Gasteiger partial charge in [-0.05, 0) is 44.2 Å². The predicted molar refractivity (Wildman–Crippen MR) is 84.6 cm³/mol. The van der Waals surface area contributed by atoms with Crippen molar-refractivity contribution in [2.45, 2.75) is 45.1 Å². The summed E-state index contributed by atoms with van der Waals surface area (Å²) in [6.07, 6.45) is 5.38. The number of benzene rings is 1. The lowest BCUT2D eigenvalue weighted by atomic mass is 10.0. The standard InChI is InChI=1S/C17H26N2O2/c1-2-15-9-6-7-13-19(15)17(20)18-12-8-14-21-16-10-4-3-5-11-16/h3-5,10-11,15H,2,6-9,12-14H2,1H3,(H,18,20). The van der Waals surface area contributed by atoms with Crippen LogP contribution in [-0.4, -0.2) is 36.7 Å². The van der Waals surface area contributed by atoms with Gasteiger partial charge < -0.3 is 15.0 Å². The van der Waals surface area contributed by atoms with E-state index in [1.165, 1.54) is 6.42 Å². The average molecular weight is 290 g/mol. The number of para-hydroxylation sites is 1. The van der Waals surface area contributed by atoms with Crippen molar-refractivity contribution in [1.29, 1.82) is 0 Å². The Morgan fingerprint density at radius 3 is 2.90 bits per heavy atom. The summed E-state index contributed by atoms with van der Waals surface area (Å²) in [5, 5.41) is 3.01. The number of nitrogens with one attached hydrogen (secondary N) is 1. The van der Waals surface area contributed by atoms with E-state index in [1.807, 2.05) is 35.2 Å². The molecule has 0 aliphatic carbocycles. The van der Waals surface area contributed by atoms with Crippen LogP contribution in [0.2, 0.25) is 0 Å². The van der Waals surface area contributed by atoms with E-state index in [9.17, 15) is 4.79 Å². The van der Waals surface area contributed by atoms with Crippen molar-refractivity contribution in [2.75, 3.05) is 19.7 Å². The maximum Gasteiger partial charge on any atom is 0.317 e. The summed E-state index contributed by atoms with van der Waals surface area (Å²) in [6.45, 7) is 4.34. The molecule has 2 amide bonds. The van der Waals surface area contributed by atoms with Crippen LogP contribution in [0.15, 0.2) is 30.3 Å². The SMILES string of the molecule is CCC1CCCCN1C(=O)NCCCOc1ccccc1. The Bertz CT molecular complexity index is 422. The zero-order valence-corrected chi connectivity index (χ0v) is 12.9. The van der Waals surface area contributed by atoms with Crippen molar-refractivity contribution >= 4 is 6.03 Å². The lowest BCUT2D eigenvalue weighted by Crippen LogP contribution is -2.48. The molecule has 2 rings (SSSR count). The molecule has 116 valence electrons. The molecule has 4 heteroatoms. The molecule has 1 saturated heterocycles. The summed E-state index contributed by atoms with van der Waals surface area (Å²) in [6, 6.07) is 10.3. The molecule has 0 aromatic heterocycles. The number of nitrogens with zero attached hydrogens (tertiary/aromatic N) is 1. The molecule has 0 spiro atoms. The third kappa shape index (κ3) is 4.96.